The molecule has 0 aliphatic carbocycles. The lowest BCUT2D eigenvalue weighted by Crippen LogP contribution is -2.32. The molecule has 7 heteroatoms. The van der Waals surface area contributed by atoms with Crippen LogP contribution in [0.5, 0.6) is 11.5 Å². The number of carbonyl (C=O) groups is 2. The largest absolute Gasteiger partial charge is 0.486 e. The van der Waals surface area contributed by atoms with Gasteiger partial charge in [0.1, 0.15) is 13.2 Å². The van der Waals surface area contributed by atoms with Crippen molar-refractivity contribution in [3.8, 4) is 11.5 Å². The summed E-state index contributed by atoms with van der Waals surface area (Å²) in [4.78, 5) is 25.9. The third kappa shape index (κ3) is 4.71. The van der Waals surface area contributed by atoms with Gasteiger partial charge in [-0.2, -0.15) is 0 Å². The molecule has 0 radical (unpaired) electrons. The van der Waals surface area contributed by atoms with Gasteiger partial charge in [-0.25, -0.2) is 0 Å². The van der Waals surface area contributed by atoms with E-state index in [2.05, 4.69) is 5.32 Å². The summed E-state index contributed by atoms with van der Waals surface area (Å²) in [7, 11) is 0. The molecule has 1 N–H and O–H groups in total. The Morgan fingerprint density at radius 3 is 2.56 bits per heavy atom. The molecule has 3 rings (SSSR count). The molecule has 2 amide bonds. The SMILES string of the molecule is CC(=O)N(CCC(=O)Nc1ccc(Cl)cc1C)c1ccc2c(c1)OCCO2. The highest BCUT2D eigenvalue weighted by Gasteiger charge is 2.18. The average Bonchev–Trinajstić information content (AvgIpc) is 2.64. The smallest absolute Gasteiger partial charge is 0.226 e. The molecule has 2 aromatic rings. The summed E-state index contributed by atoms with van der Waals surface area (Å²) in [6, 6.07) is 10.6. The molecule has 1 aliphatic heterocycles. The lowest BCUT2D eigenvalue weighted by molar-refractivity contribution is -0.117. The number of benzene rings is 2. The van der Waals surface area contributed by atoms with Gasteiger partial charge in [0, 0.05) is 42.4 Å². The lowest BCUT2D eigenvalue weighted by Gasteiger charge is -2.24. The van der Waals surface area contributed by atoms with Crippen molar-refractivity contribution in [2.24, 2.45) is 0 Å². The molecule has 0 fully saturated rings. The number of hydrogen-bond donors (Lipinski definition) is 1. The molecule has 0 bridgehead atoms. The lowest BCUT2D eigenvalue weighted by atomic mass is 10.2. The standard InChI is InChI=1S/C20H21ClN2O4/c1-13-11-15(21)3-5-17(13)22-20(25)7-8-23(14(2)24)16-4-6-18-19(12-16)27-10-9-26-18/h3-6,11-12H,7-10H2,1-2H3,(H,22,25). The van der Waals surface area contributed by atoms with Gasteiger partial charge in [0.25, 0.3) is 0 Å². The van der Waals surface area contributed by atoms with Crippen LogP contribution in [0.25, 0.3) is 0 Å². The van der Waals surface area contributed by atoms with E-state index in [-0.39, 0.29) is 24.8 Å². The number of amides is 2. The van der Waals surface area contributed by atoms with Crippen LogP contribution in [0.4, 0.5) is 11.4 Å². The topological polar surface area (TPSA) is 67.9 Å². The predicted molar refractivity (Wildman–Crippen MR) is 105 cm³/mol. The molecule has 1 aliphatic rings. The van der Waals surface area contributed by atoms with E-state index in [1.807, 2.05) is 6.92 Å². The number of anilines is 2. The minimum absolute atomic E-state index is 0.151. The Morgan fingerprint density at radius 2 is 1.85 bits per heavy atom. The summed E-state index contributed by atoms with van der Waals surface area (Å²) < 4.78 is 11.1. The minimum Gasteiger partial charge on any atom is -0.486 e. The van der Waals surface area contributed by atoms with Gasteiger partial charge in [0.15, 0.2) is 11.5 Å². The zero-order chi connectivity index (χ0) is 19.4. The van der Waals surface area contributed by atoms with Crippen LogP contribution in [-0.4, -0.2) is 31.6 Å². The van der Waals surface area contributed by atoms with Crippen molar-refractivity contribution < 1.29 is 19.1 Å². The van der Waals surface area contributed by atoms with Gasteiger partial charge in [-0.3, -0.25) is 9.59 Å². The maximum atomic E-state index is 12.3. The molecule has 6 nitrogen and oxygen atoms in total. The number of halogens is 1. The van der Waals surface area contributed by atoms with E-state index >= 15 is 0 Å². The summed E-state index contributed by atoms with van der Waals surface area (Å²) in [5.74, 6) is 0.932. The fourth-order valence-corrected chi connectivity index (χ4v) is 3.09. The summed E-state index contributed by atoms with van der Waals surface area (Å²) in [6.07, 6.45) is 0.163. The molecule has 0 spiro atoms. The van der Waals surface area contributed by atoms with E-state index in [0.717, 1.165) is 5.56 Å². The van der Waals surface area contributed by atoms with Gasteiger partial charge in [-0.15, -0.1) is 0 Å². The molecule has 142 valence electrons. The number of aryl methyl sites for hydroxylation is 1. The first-order chi connectivity index (χ1) is 12.9. The van der Waals surface area contributed by atoms with Crippen LogP contribution in [0.15, 0.2) is 36.4 Å². The van der Waals surface area contributed by atoms with E-state index in [1.165, 1.54) is 6.92 Å². The predicted octanol–water partition coefficient (Wildman–Crippen LogP) is 3.80. The number of ether oxygens (including phenoxy) is 2. The summed E-state index contributed by atoms with van der Waals surface area (Å²) in [6.45, 7) is 4.58. The quantitative estimate of drug-likeness (QED) is 0.845. The van der Waals surface area contributed by atoms with E-state index in [9.17, 15) is 9.59 Å². The van der Waals surface area contributed by atoms with Crippen molar-refractivity contribution in [3.63, 3.8) is 0 Å². The van der Waals surface area contributed by atoms with E-state index < -0.39 is 0 Å². The highest BCUT2D eigenvalue weighted by Crippen LogP contribution is 2.34. The van der Waals surface area contributed by atoms with Gasteiger partial charge in [0.2, 0.25) is 11.8 Å². The number of carbonyl (C=O) groups excluding carboxylic acids is 2. The van der Waals surface area contributed by atoms with Crippen LogP contribution >= 0.6 is 11.6 Å². The van der Waals surface area contributed by atoms with Gasteiger partial charge in [-0.05, 0) is 42.8 Å². The second-order valence-electron chi connectivity index (χ2n) is 6.26. The Balaban J connectivity index is 1.66. The first-order valence-electron chi connectivity index (χ1n) is 8.68. The maximum absolute atomic E-state index is 12.3. The molecule has 0 unspecified atom stereocenters. The monoisotopic (exact) mass is 388 g/mol. The number of fused-ring (bicyclic) bond motifs is 1. The third-order valence-corrected chi connectivity index (χ3v) is 4.48. The van der Waals surface area contributed by atoms with Crippen molar-refractivity contribution in [2.45, 2.75) is 20.3 Å². The average molecular weight is 389 g/mol. The highest BCUT2D eigenvalue weighted by atomic mass is 35.5. The van der Waals surface area contributed by atoms with Crippen LogP contribution in [0.1, 0.15) is 18.9 Å². The van der Waals surface area contributed by atoms with Crippen molar-refractivity contribution >= 4 is 34.8 Å². The first kappa shape index (κ1) is 19.0. The van der Waals surface area contributed by atoms with Crippen molar-refractivity contribution in [1.82, 2.24) is 0 Å². The van der Waals surface area contributed by atoms with E-state index in [4.69, 9.17) is 21.1 Å². The summed E-state index contributed by atoms with van der Waals surface area (Å²) in [5.41, 5.74) is 2.26. The molecule has 0 atom stereocenters. The Hall–Kier alpha value is -2.73. The molecule has 0 saturated carbocycles. The fourth-order valence-electron chi connectivity index (χ4n) is 2.86. The zero-order valence-corrected chi connectivity index (χ0v) is 16.0. The third-order valence-electron chi connectivity index (χ3n) is 4.24. The van der Waals surface area contributed by atoms with Crippen LogP contribution in [0.3, 0.4) is 0 Å². The van der Waals surface area contributed by atoms with Gasteiger partial charge >= 0.3 is 0 Å². The molecule has 0 aromatic heterocycles. The van der Waals surface area contributed by atoms with Gasteiger partial charge in [-0.1, -0.05) is 11.6 Å². The highest BCUT2D eigenvalue weighted by molar-refractivity contribution is 6.30. The molecule has 1 heterocycles. The van der Waals surface area contributed by atoms with Crippen LogP contribution < -0.4 is 19.7 Å². The fraction of sp³-hybridized carbons (Fsp3) is 0.300. The van der Waals surface area contributed by atoms with Gasteiger partial charge in [0.05, 0.1) is 0 Å². The molecular weight excluding hydrogens is 368 g/mol. The van der Waals surface area contributed by atoms with E-state index in [0.29, 0.717) is 41.1 Å². The summed E-state index contributed by atoms with van der Waals surface area (Å²) >= 11 is 5.93. The maximum Gasteiger partial charge on any atom is 0.226 e. The zero-order valence-electron chi connectivity index (χ0n) is 15.3. The normalized spacial score (nSPS) is 12.4. The molecule has 2 aromatic carbocycles. The van der Waals surface area contributed by atoms with Crippen molar-refractivity contribution in [2.75, 3.05) is 30.0 Å². The van der Waals surface area contributed by atoms with Crippen molar-refractivity contribution in [3.05, 3.63) is 47.0 Å². The molecule has 27 heavy (non-hydrogen) atoms. The number of hydrogen-bond acceptors (Lipinski definition) is 4. The minimum atomic E-state index is -0.177. The molecular formula is C20H21ClN2O4. The first-order valence-corrected chi connectivity index (χ1v) is 9.05. The second-order valence-corrected chi connectivity index (χ2v) is 6.69. The Labute approximate surface area is 163 Å². The van der Waals surface area contributed by atoms with Crippen LogP contribution in [0, 0.1) is 6.92 Å². The number of rotatable bonds is 5. The van der Waals surface area contributed by atoms with Crippen molar-refractivity contribution in [1.29, 1.82) is 0 Å². The molecule has 0 saturated heterocycles. The Morgan fingerprint density at radius 1 is 1.11 bits per heavy atom. The van der Waals surface area contributed by atoms with Crippen LogP contribution in [-0.2, 0) is 9.59 Å². The Bertz CT molecular complexity index is 869. The number of nitrogens with one attached hydrogen (secondary N) is 1. The van der Waals surface area contributed by atoms with Crippen LogP contribution in [0.2, 0.25) is 5.02 Å². The Kier molecular flexibility index (Phi) is 5.86. The van der Waals surface area contributed by atoms with Gasteiger partial charge < -0.3 is 19.7 Å². The summed E-state index contributed by atoms with van der Waals surface area (Å²) in [5, 5.41) is 3.47. The second kappa shape index (κ2) is 8.31. The number of nitrogens with zero attached hydrogens (tertiary/aromatic N) is 1. The van der Waals surface area contributed by atoms with E-state index in [1.54, 1.807) is 41.3 Å².